The van der Waals surface area contributed by atoms with Gasteiger partial charge in [-0.05, 0) is 26.3 Å². The number of nitrogens with zero attached hydrogens (tertiary/aromatic N) is 1. The first-order chi connectivity index (χ1) is 7.13. The molecule has 0 fully saturated rings. The van der Waals surface area contributed by atoms with E-state index >= 15 is 0 Å². The maximum atomic E-state index is 11.6. The maximum absolute atomic E-state index is 11.6. The smallest absolute Gasteiger partial charge is 0.160 e. The highest BCUT2D eigenvalue weighted by atomic mass is 16.3. The summed E-state index contributed by atoms with van der Waals surface area (Å²) in [4.78, 5) is 15.8. The molecule has 1 heterocycles. The lowest BCUT2D eigenvalue weighted by molar-refractivity contribution is -0.115. The van der Waals surface area contributed by atoms with Crippen LogP contribution in [0.15, 0.2) is 16.6 Å². The predicted molar refractivity (Wildman–Crippen MR) is 60.0 cm³/mol. The number of hydrogen-bond donors (Lipinski definition) is 2. The number of aliphatic hydroxyl groups is 1. The van der Waals surface area contributed by atoms with Crippen molar-refractivity contribution in [1.82, 2.24) is 5.32 Å². The first-order valence-corrected chi connectivity index (χ1v) is 5.29. The van der Waals surface area contributed by atoms with E-state index in [1.807, 2.05) is 13.8 Å². The summed E-state index contributed by atoms with van der Waals surface area (Å²) < 4.78 is 0. The number of rotatable bonds is 5. The first-order valence-electron chi connectivity index (χ1n) is 5.29. The zero-order chi connectivity index (χ0) is 11.3. The van der Waals surface area contributed by atoms with E-state index in [-0.39, 0.29) is 12.4 Å². The van der Waals surface area contributed by atoms with Crippen molar-refractivity contribution in [2.75, 3.05) is 13.2 Å². The van der Waals surface area contributed by atoms with Crippen molar-refractivity contribution in [1.29, 1.82) is 0 Å². The molecule has 0 bridgehead atoms. The van der Waals surface area contributed by atoms with Crippen LogP contribution in [0.1, 0.15) is 26.7 Å². The second-order valence-corrected chi connectivity index (χ2v) is 3.92. The molecule has 0 amide bonds. The van der Waals surface area contributed by atoms with Crippen LogP contribution in [-0.4, -0.2) is 35.9 Å². The average Bonchev–Trinajstić information content (AvgIpc) is 2.61. The summed E-state index contributed by atoms with van der Waals surface area (Å²) in [5.41, 5.74) is 0.742. The van der Waals surface area contributed by atoms with Gasteiger partial charge in [0.1, 0.15) is 5.84 Å². The van der Waals surface area contributed by atoms with E-state index in [9.17, 15) is 4.79 Å². The van der Waals surface area contributed by atoms with E-state index in [1.165, 1.54) is 0 Å². The SMILES string of the molecule is CC(C)NC1=NCC(C(=O)CCCO)=C1. The van der Waals surface area contributed by atoms with Crippen molar-refractivity contribution in [3.05, 3.63) is 11.6 Å². The summed E-state index contributed by atoms with van der Waals surface area (Å²) in [6.07, 6.45) is 2.75. The van der Waals surface area contributed by atoms with E-state index in [4.69, 9.17) is 5.11 Å². The number of Topliss-reactive ketones (excluding diaryl/α,β-unsaturated/α-hetero) is 1. The van der Waals surface area contributed by atoms with Gasteiger partial charge in [-0.2, -0.15) is 0 Å². The van der Waals surface area contributed by atoms with Crippen LogP contribution in [0.2, 0.25) is 0 Å². The molecule has 0 unspecified atom stereocenters. The largest absolute Gasteiger partial charge is 0.396 e. The van der Waals surface area contributed by atoms with Crippen LogP contribution in [-0.2, 0) is 4.79 Å². The molecule has 1 rings (SSSR count). The van der Waals surface area contributed by atoms with Crippen molar-refractivity contribution in [3.63, 3.8) is 0 Å². The summed E-state index contributed by atoms with van der Waals surface area (Å²) in [6.45, 7) is 4.60. The molecule has 4 heteroatoms. The molecule has 0 saturated heterocycles. The molecule has 0 saturated carbocycles. The topological polar surface area (TPSA) is 61.7 Å². The highest BCUT2D eigenvalue weighted by Crippen LogP contribution is 2.09. The first kappa shape index (κ1) is 11.9. The molecule has 1 aliphatic rings. The molecule has 0 spiro atoms. The van der Waals surface area contributed by atoms with Crippen LogP contribution in [0.25, 0.3) is 0 Å². The van der Waals surface area contributed by atoms with Gasteiger partial charge in [0.25, 0.3) is 0 Å². The van der Waals surface area contributed by atoms with E-state index in [1.54, 1.807) is 6.08 Å². The summed E-state index contributed by atoms with van der Waals surface area (Å²) in [6, 6.07) is 0.326. The lowest BCUT2D eigenvalue weighted by atomic mass is 10.1. The average molecular weight is 210 g/mol. The fourth-order valence-corrected chi connectivity index (χ4v) is 1.38. The molecule has 0 atom stereocenters. The van der Waals surface area contributed by atoms with Gasteiger partial charge in [0.15, 0.2) is 5.78 Å². The van der Waals surface area contributed by atoms with Crippen LogP contribution in [0.5, 0.6) is 0 Å². The molecule has 0 radical (unpaired) electrons. The zero-order valence-corrected chi connectivity index (χ0v) is 9.29. The van der Waals surface area contributed by atoms with Gasteiger partial charge in [0, 0.05) is 24.6 Å². The predicted octanol–water partition coefficient (Wildman–Crippen LogP) is 0.664. The van der Waals surface area contributed by atoms with Gasteiger partial charge in [-0.15, -0.1) is 0 Å². The minimum Gasteiger partial charge on any atom is -0.396 e. The number of carbonyl (C=O) groups is 1. The number of amidine groups is 1. The molecule has 15 heavy (non-hydrogen) atoms. The third kappa shape index (κ3) is 3.83. The van der Waals surface area contributed by atoms with Crippen molar-refractivity contribution in [3.8, 4) is 0 Å². The van der Waals surface area contributed by atoms with Crippen LogP contribution in [0.4, 0.5) is 0 Å². The third-order valence-corrected chi connectivity index (χ3v) is 2.09. The maximum Gasteiger partial charge on any atom is 0.160 e. The van der Waals surface area contributed by atoms with Crippen LogP contribution in [0, 0.1) is 0 Å². The van der Waals surface area contributed by atoms with Crippen molar-refractivity contribution in [2.24, 2.45) is 4.99 Å². The number of ketones is 1. The fraction of sp³-hybridized carbons (Fsp3) is 0.636. The standard InChI is InChI=1S/C11H18N2O2/c1-8(2)13-11-6-9(7-12-11)10(15)4-3-5-14/h6,8,14H,3-5,7H2,1-2H3,(H,12,13). The molecular formula is C11H18N2O2. The van der Waals surface area contributed by atoms with Gasteiger partial charge in [0.2, 0.25) is 0 Å². The molecule has 2 N–H and O–H groups in total. The van der Waals surface area contributed by atoms with Gasteiger partial charge in [-0.1, -0.05) is 0 Å². The minimum absolute atomic E-state index is 0.0664. The monoisotopic (exact) mass is 210 g/mol. The van der Waals surface area contributed by atoms with Crippen LogP contribution in [0.3, 0.4) is 0 Å². The number of nitrogens with one attached hydrogen (secondary N) is 1. The molecule has 84 valence electrons. The Hall–Kier alpha value is -1.16. The van der Waals surface area contributed by atoms with Crippen LogP contribution < -0.4 is 5.32 Å². The van der Waals surface area contributed by atoms with Gasteiger partial charge in [0.05, 0.1) is 6.54 Å². The zero-order valence-electron chi connectivity index (χ0n) is 9.29. The van der Waals surface area contributed by atoms with E-state index < -0.39 is 0 Å². The Balaban J connectivity index is 2.44. The van der Waals surface area contributed by atoms with E-state index in [2.05, 4.69) is 10.3 Å². The summed E-state index contributed by atoms with van der Waals surface area (Å²) in [7, 11) is 0. The minimum atomic E-state index is 0.0664. The molecular weight excluding hydrogens is 192 g/mol. The second-order valence-electron chi connectivity index (χ2n) is 3.92. The normalized spacial score (nSPS) is 15.2. The molecule has 0 aromatic heterocycles. The number of aliphatic hydroxyl groups excluding tert-OH is 1. The van der Waals surface area contributed by atoms with Gasteiger partial charge in [-0.25, -0.2) is 0 Å². The lowest BCUT2D eigenvalue weighted by Gasteiger charge is -2.06. The highest BCUT2D eigenvalue weighted by molar-refractivity contribution is 6.07. The van der Waals surface area contributed by atoms with Gasteiger partial charge < -0.3 is 10.4 Å². The Kier molecular flexibility index (Phi) is 4.49. The van der Waals surface area contributed by atoms with E-state index in [0.717, 1.165) is 11.4 Å². The van der Waals surface area contributed by atoms with Crippen molar-refractivity contribution in [2.45, 2.75) is 32.7 Å². The number of hydrogen-bond acceptors (Lipinski definition) is 4. The van der Waals surface area contributed by atoms with E-state index in [0.29, 0.717) is 25.4 Å². The molecule has 1 aliphatic heterocycles. The summed E-state index contributed by atoms with van der Waals surface area (Å²) in [5.74, 6) is 0.880. The second kappa shape index (κ2) is 5.66. The number of carbonyl (C=O) groups excluding carboxylic acids is 1. The van der Waals surface area contributed by atoms with Gasteiger partial charge >= 0.3 is 0 Å². The Morgan fingerprint density at radius 1 is 1.67 bits per heavy atom. The third-order valence-electron chi connectivity index (χ3n) is 2.09. The van der Waals surface area contributed by atoms with Gasteiger partial charge in [-0.3, -0.25) is 9.79 Å². The Morgan fingerprint density at radius 2 is 2.40 bits per heavy atom. The summed E-state index contributed by atoms with van der Waals surface area (Å²) >= 11 is 0. The van der Waals surface area contributed by atoms with Crippen molar-refractivity contribution < 1.29 is 9.90 Å². The fourth-order valence-electron chi connectivity index (χ4n) is 1.38. The highest BCUT2D eigenvalue weighted by Gasteiger charge is 2.15. The van der Waals surface area contributed by atoms with Crippen molar-refractivity contribution >= 4 is 11.6 Å². The Labute approximate surface area is 90.1 Å². The van der Waals surface area contributed by atoms with Crippen LogP contribution >= 0.6 is 0 Å². The molecule has 0 aromatic carbocycles. The lowest BCUT2D eigenvalue weighted by Crippen LogP contribution is -2.27. The number of aliphatic imine (C=N–C) groups is 1. The molecule has 0 aliphatic carbocycles. The summed E-state index contributed by atoms with van der Waals surface area (Å²) in [5, 5.41) is 11.8. The quantitative estimate of drug-likeness (QED) is 0.701. The Morgan fingerprint density at radius 3 is 3.00 bits per heavy atom. The molecule has 4 nitrogen and oxygen atoms in total. The Bertz CT molecular complexity index is 293. The molecule has 0 aromatic rings.